The molecule has 2 N–H and O–H groups in total. The van der Waals surface area contributed by atoms with Crippen molar-refractivity contribution in [1.29, 1.82) is 0 Å². The Labute approximate surface area is 149 Å². The van der Waals surface area contributed by atoms with E-state index in [4.69, 9.17) is 4.74 Å². The van der Waals surface area contributed by atoms with Crippen LogP contribution in [0, 0.1) is 19.7 Å². The van der Waals surface area contributed by atoms with Crippen molar-refractivity contribution in [2.24, 2.45) is 0 Å². The highest BCUT2D eigenvalue weighted by molar-refractivity contribution is 5.96. The first kappa shape index (κ1) is 17.4. The Kier molecular flexibility index (Phi) is 4.83. The first-order valence-electron chi connectivity index (χ1n) is 7.88. The van der Waals surface area contributed by atoms with E-state index in [0.29, 0.717) is 22.8 Å². The van der Waals surface area contributed by atoms with Crippen LogP contribution in [0.2, 0.25) is 0 Å². The van der Waals surface area contributed by atoms with Crippen LogP contribution in [0.3, 0.4) is 0 Å². The van der Waals surface area contributed by atoms with Crippen molar-refractivity contribution in [2.45, 2.75) is 13.8 Å². The molecule has 0 saturated carbocycles. The molecule has 0 saturated heterocycles. The molecular formula is C18H18FN5O2. The molecule has 8 heteroatoms. The smallest absolute Gasteiger partial charge is 0.271 e. The third-order valence-corrected chi connectivity index (χ3v) is 3.90. The van der Waals surface area contributed by atoms with Gasteiger partial charge in [-0.2, -0.15) is 4.98 Å². The minimum atomic E-state index is -0.382. The predicted molar refractivity (Wildman–Crippen MR) is 94.9 cm³/mol. The van der Waals surface area contributed by atoms with E-state index in [2.05, 4.69) is 20.8 Å². The van der Waals surface area contributed by atoms with Crippen LogP contribution in [0.4, 0.5) is 10.3 Å². The molecule has 26 heavy (non-hydrogen) atoms. The summed E-state index contributed by atoms with van der Waals surface area (Å²) in [5, 5.41) is 0. The number of aryl methyl sites for hydroxylation is 1. The lowest BCUT2D eigenvalue weighted by Gasteiger charge is -2.11. The van der Waals surface area contributed by atoms with E-state index in [1.54, 1.807) is 41.8 Å². The van der Waals surface area contributed by atoms with E-state index in [1.807, 2.05) is 6.92 Å². The van der Waals surface area contributed by atoms with Crippen molar-refractivity contribution in [2.75, 3.05) is 12.5 Å². The minimum Gasteiger partial charge on any atom is -0.481 e. The number of anilines is 1. The van der Waals surface area contributed by atoms with Gasteiger partial charge in [0.25, 0.3) is 5.91 Å². The summed E-state index contributed by atoms with van der Waals surface area (Å²) in [4.78, 5) is 20.5. The zero-order chi connectivity index (χ0) is 18.7. The van der Waals surface area contributed by atoms with Crippen LogP contribution >= 0.6 is 0 Å². The predicted octanol–water partition coefficient (Wildman–Crippen LogP) is 2.79. The normalized spacial score (nSPS) is 10.5. The first-order valence-corrected chi connectivity index (χ1v) is 7.88. The number of amides is 1. The molecule has 0 spiro atoms. The highest BCUT2D eigenvalue weighted by atomic mass is 19.1. The van der Waals surface area contributed by atoms with E-state index in [9.17, 15) is 9.18 Å². The number of methoxy groups -OCH3 is 1. The summed E-state index contributed by atoms with van der Waals surface area (Å²) in [5.41, 5.74) is 7.36. The fourth-order valence-electron chi connectivity index (χ4n) is 2.69. The number of carbonyl (C=O) groups is 1. The Balaban J connectivity index is 1.82. The van der Waals surface area contributed by atoms with E-state index in [1.165, 1.54) is 19.4 Å². The van der Waals surface area contributed by atoms with E-state index in [0.717, 1.165) is 5.69 Å². The van der Waals surface area contributed by atoms with Crippen molar-refractivity contribution in [1.82, 2.24) is 20.0 Å². The molecule has 0 atom stereocenters. The Morgan fingerprint density at radius 2 is 2.00 bits per heavy atom. The largest absolute Gasteiger partial charge is 0.481 e. The average Bonchev–Trinajstić information content (AvgIpc) is 2.95. The van der Waals surface area contributed by atoms with Crippen LogP contribution in [0.1, 0.15) is 21.7 Å². The third kappa shape index (κ3) is 3.34. The summed E-state index contributed by atoms with van der Waals surface area (Å²) >= 11 is 0. The highest BCUT2D eigenvalue weighted by Crippen LogP contribution is 2.22. The number of aromatic nitrogens is 3. The van der Waals surface area contributed by atoms with Crippen LogP contribution < -0.4 is 15.6 Å². The Hall–Kier alpha value is -3.42. The third-order valence-electron chi connectivity index (χ3n) is 3.90. The molecule has 0 fully saturated rings. The van der Waals surface area contributed by atoms with Crippen LogP contribution in [0.25, 0.3) is 5.69 Å². The Bertz CT molecular complexity index is 955. The van der Waals surface area contributed by atoms with Crippen molar-refractivity contribution < 1.29 is 13.9 Å². The maximum atomic E-state index is 14.1. The fraction of sp³-hybridized carbons (Fsp3) is 0.167. The van der Waals surface area contributed by atoms with Crippen LogP contribution in [-0.2, 0) is 0 Å². The molecule has 0 aliphatic heterocycles. The molecule has 3 rings (SSSR count). The molecule has 134 valence electrons. The van der Waals surface area contributed by atoms with Crippen molar-refractivity contribution in [3.63, 3.8) is 0 Å². The molecular weight excluding hydrogens is 337 g/mol. The number of carbonyl (C=O) groups excluding carboxylic acids is 1. The topological polar surface area (TPSA) is 81.1 Å². The molecule has 1 aromatic carbocycles. The minimum absolute atomic E-state index is 0.195. The van der Waals surface area contributed by atoms with Gasteiger partial charge in [-0.3, -0.25) is 15.6 Å². The van der Waals surface area contributed by atoms with Crippen molar-refractivity contribution in [3.8, 4) is 11.6 Å². The van der Waals surface area contributed by atoms with Gasteiger partial charge in [0.05, 0.1) is 18.4 Å². The number of hydrogen-bond donors (Lipinski definition) is 2. The van der Waals surface area contributed by atoms with Gasteiger partial charge < -0.3 is 9.30 Å². The first-order chi connectivity index (χ1) is 12.5. The molecule has 2 heterocycles. The fourth-order valence-corrected chi connectivity index (χ4v) is 2.69. The van der Waals surface area contributed by atoms with Gasteiger partial charge in [0.15, 0.2) is 0 Å². The number of halogens is 1. The second-order valence-electron chi connectivity index (χ2n) is 5.57. The second kappa shape index (κ2) is 7.22. The number of para-hydroxylation sites is 1. The number of hydrazine groups is 1. The summed E-state index contributed by atoms with van der Waals surface area (Å²) in [6.07, 6.45) is 1.50. The van der Waals surface area contributed by atoms with Crippen LogP contribution in [0.5, 0.6) is 5.88 Å². The zero-order valence-electron chi connectivity index (χ0n) is 14.6. The van der Waals surface area contributed by atoms with Crippen molar-refractivity contribution >= 4 is 11.9 Å². The molecule has 0 unspecified atom stereocenters. The van der Waals surface area contributed by atoms with Gasteiger partial charge in [0, 0.05) is 23.7 Å². The van der Waals surface area contributed by atoms with Gasteiger partial charge in [-0.25, -0.2) is 9.37 Å². The van der Waals surface area contributed by atoms with E-state index >= 15 is 0 Å². The molecule has 0 aliphatic carbocycles. The molecule has 0 radical (unpaired) electrons. The average molecular weight is 355 g/mol. The van der Waals surface area contributed by atoms with E-state index in [-0.39, 0.29) is 17.7 Å². The number of nitrogens with zero attached hydrogens (tertiary/aromatic N) is 3. The zero-order valence-corrected chi connectivity index (χ0v) is 14.6. The Morgan fingerprint density at radius 3 is 2.73 bits per heavy atom. The molecule has 3 aromatic rings. The lowest BCUT2D eigenvalue weighted by molar-refractivity contribution is 0.0961. The van der Waals surface area contributed by atoms with Crippen LogP contribution in [0.15, 0.2) is 42.6 Å². The summed E-state index contributed by atoms with van der Waals surface area (Å²) in [6, 6.07) is 9.71. The Morgan fingerprint density at radius 1 is 1.23 bits per heavy atom. The van der Waals surface area contributed by atoms with Crippen molar-refractivity contribution in [3.05, 3.63) is 65.4 Å². The van der Waals surface area contributed by atoms with Gasteiger partial charge in [-0.15, -0.1) is 0 Å². The molecule has 7 nitrogen and oxygen atoms in total. The quantitative estimate of drug-likeness (QED) is 0.688. The molecule has 1 amide bonds. The monoisotopic (exact) mass is 355 g/mol. The molecule has 0 bridgehead atoms. The second-order valence-corrected chi connectivity index (χ2v) is 5.57. The van der Waals surface area contributed by atoms with Crippen LogP contribution in [-0.4, -0.2) is 27.6 Å². The number of benzene rings is 1. The molecule has 0 aliphatic rings. The maximum Gasteiger partial charge on any atom is 0.271 e. The lowest BCUT2D eigenvalue weighted by Crippen LogP contribution is -2.30. The van der Waals surface area contributed by atoms with Gasteiger partial charge >= 0.3 is 0 Å². The SMILES string of the molecule is COc1ccnc(NNC(=O)c2cc(C)n(-c3ccccc3F)c2C)n1. The summed E-state index contributed by atoms with van der Waals surface area (Å²) in [7, 11) is 1.49. The van der Waals surface area contributed by atoms with E-state index < -0.39 is 0 Å². The number of hydrogen-bond acceptors (Lipinski definition) is 5. The number of rotatable bonds is 5. The highest BCUT2D eigenvalue weighted by Gasteiger charge is 2.18. The summed E-state index contributed by atoms with van der Waals surface area (Å²) in [5.74, 6) is -0.175. The summed E-state index contributed by atoms with van der Waals surface area (Å²) < 4.78 is 20.8. The standard InChI is InChI=1S/C18H18FN5O2/c1-11-10-13(12(2)24(11)15-7-5-4-6-14(15)19)17(25)22-23-18-20-9-8-16(21-18)26-3/h4-10H,1-3H3,(H,22,25)(H,20,21,23). The number of nitrogens with one attached hydrogen (secondary N) is 2. The van der Waals surface area contributed by atoms with Gasteiger partial charge in [-0.1, -0.05) is 12.1 Å². The summed E-state index contributed by atoms with van der Waals surface area (Å²) in [6.45, 7) is 3.57. The lowest BCUT2D eigenvalue weighted by atomic mass is 10.2. The molecule has 2 aromatic heterocycles. The van der Waals surface area contributed by atoms with Gasteiger partial charge in [0.2, 0.25) is 11.8 Å². The maximum absolute atomic E-state index is 14.1. The van der Waals surface area contributed by atoms with Gasteiger partial charge in [0.1, 0.15) is 5.82 Å². The van der Waals surface area contributed by atoms with Gasteiger partial charge in [-0.05, 0) is 32.0 Å². The number of ether oxygens (including phenoxy) is 1.